The van der Waals surface area contributed by atoms with Gasteiger partial charge in [-0.3, -0.25) is 0 Å². The van der Waals surface area contributed by atoms with Gasteiger partial charge in [-0.25, -0.2) is 0 Å². The van der Waals surface area contributed by atoms with E-state index in [0.29, 0.717) is 31.1 Å². The normalized spacial score (nSPS) is 13.7. The smallest absolute Gasteiger partial charge is 0.161 e. The number of benzene rings is 2. The van der Waals surface area contributed by atoms with Crippen LogP contribution in [0.25, 0.3) is 0 Å². The molecule has 24 heavy (non-hydrogen) atoms. The van der Waals surface area contributed by atoms with Gasteiger partial charge >= 0.3 is 0 Å². The average Bonchev–Trinajstić information content (AvgIpc) is 2.65. The molecule has 1 atom stereocenters. The van der Waals surface area contributed by atoms with Gasteiger partial charge in [-0.1, -0.05) is 12.1 Å². The molecule has 0 spiro atoms. The molecule has 2 aromatic rings. The lowest BCUT2D eigenvalue weighted by Crippen LogP contribution is -2.15. The maximum absolute atomic E-state index is 9.63. The topological polar surface area (TPSA) is 60.7 Å². The Kier molecular flexibility index (Phi) is 4.76. The van der Waals surface area contributed by atoms with Gasteiger partial charge in [-0.15, -0.1) is 0 Å². The fraction of sp³-hybridized carbons (Fsp3) is 0.316. The van der Waals surface area contributed by atoms with Crippen LogP contribution in [0.15, 0.2) is 36.4 Å². The summed E-state index contributed by atoms with van der Waals surface area (Å²) in [4.78, 5) is 0. The fourth-order valence-electron chi connectivity index (χ4n) is 2.78. The first-order valence-electron chi connectivity index (χ1n) is 7.75. The quantitative estimate of drug-likeness (QED) is 0.844. The summed E-state index contributed by atoms with van der Waals surface area (Å²) < 4.78 is 21.8. The van der Waals surface area contributed by atoms with Gasteiger partial charge in [0.25, 0.3) is 0 Å². The Labute approximate surface area is 141 Å². The fourth-order valence-corrected chi connectivity index (χ4v) is 2.78. The predicted molar refractivity (Wildman–Crippen MR) is 89.0 cm³/mol. The molecular weight excluding hydrogens is 306 g/mol. The third kappa shape index (κ3) is 3.23. The van der Waals surface area contributed by atoms with E-state index in [1.807, 2.05) is 30.3 Å². The Morgan fingerprint density at radius 3 is 2.54 bits per heavy atom. The van der Waals surface area contributed by atoms with Crippen molar-refractivity contribution in [2.45, 2.75) is 12.3 Å². The summed E-state index contributed by atoms with van der Waals surface area (Å²) in [5.74, 6) is 2.51. The van der Waals surface area contributed by atoms with Crippen LogP contribution < -0.4 is 18.9 Å². The Morgan fingerprint density at radius 1 is 1.04 bits per heavy atom. The predicted octanol–water partition coefficient (Wildman–Crippen LogP) is 3.32. The van der Waals surface area contributed by atoms with Crippen LogP contribution in [0.4, 0.5) is 0 Å². The Balaban J connectivity index is 1.86. The summed E-state index contributed by atoms with van der Waals surface area (Å²) >= 11 is 0. The molecule has 1 aliphatic rings. The van der Waals surface area contributed by atoms with Crippen molar-refractivity contribution in [3.63, 3.8) is 0 Å². The molecule has 5 heteroatoms. The highest BCUT2D eigenvalue weighted by atomic mass is 16.6. The minimum atomic E-state index is -0.326. The molecule has 1 unspecified atom stereocenters. The van der Waals surface area contributed by atoms with Crippen LogP contribution in [0.2, 0.25) is 0 Å². The molecule has 0 saturated heterocycles. The maximum atomic E-state index is 9.63. The highest BCUT2D eigenvalue weighted by Gasteiger charge is 2.19. The van der Waals surface area contributed by atoms with Crippen LogP contribution in [-0.4, -0.2) is 27.4 Å². The van der Waals surface area contributed by atoms with E-state index in [2.05, 4.69) is 6.07 Å². The highest BCUT2D eigenvalue weighted by molar-refractivity contribution is 5.47. The molecule has 0 saturated carbocycles. The molecule has 124 valence electrons. The van der Waals surface area contributed by atoms with Crippen LogP contribution in [0.3, 0.4) is 0 Å². The Morgan fingerprint density at radius 2 is 1.83 bits per heavy atom. The van der Waals surface area contributed by atoms with Gasteiger partial charge in [0, 0.05) is 11.6 Å². The van der Waals surface area contributed by atoms with Crippen molar-refractivity contribution in [2.24, 2.45) is 0 Å². The number of hydrogen-bond donors (Lipinski definition) is 0. The van der Waals surface area contributed by atoms with Crippen molar-refractivity contribution in [3.8, 4) is 29.1 Å². The molecule has 0 aromatic heterocycles. The van der Waals surface area contributed by atoms with E-state index < -0.39 is 0 Å². The summed E-state index contributed by atoms with van der Waals surface area (Å²) in [5, 5.41) is 9.63. The monoisotopic (exact) mass is 325 g/mol. The number of hydrogen-bond acceptors (Lipinski definition) is 5. The second-order valence-corrected chi connectivity index (χ2v) is 5.47. The van der Waals surface area contributed by atoms with E-state index in [9.17, 15) is 5.26 Å². The molecule has 0 aliphatic carbocycles. The number of methoxy groups -OCH3 is 2. The minimum absolute atomic E-state index is 0.326. The molecular formula is C19H19NO4. The third-order valence-electron chi connectivity index (χ3n) is 4.02. The van der Waals surface area contributed by atoms with E-state index in [4.69, 9.17) is 18.9 Å². The minimum Gasteiger partial charge on any atom is -0.497 e. The van der Waals surface area contributed by atoms with Crippen molar-refractivity contribution >= 4 is 0 Å². The number of nitriles is 1. The summed E-state index contributed by atoms with van der Waals surface area (Å²) in [7, 11) is 3.20. The zero-order valence-corrected chi connectivity index (χ0v) is 13.7. The molecule has 2 aromatic carbocycles. The van der Waals surface area contributed by atoms with E-state index in [-0.39, 0.29) is 5.92 Å². The van der Waals surface area contributed by atoms with Crippen molar-refractivity contribution in [1.29, 1.82) is 5.26 Å². The average molecular weight is 325 g/mol. The van der Waals surface area contributed by atoms with Gasteiger partial charge in [0.05, 0.1) is 26.2 Å². The van der Waals surface area contributed by atoms with Gasteiger partial charge < -0.3 is 18.9 Å². The van der Waals surface area contributed by atoms with Crippen molar-refractivity contribution in [3.05, 3.63) is 47.5 Å². The van der Waals surface area contributed by atoms with Gasteiger partial charge in [-0.2, -0.15) is 5.26 Å². The second-order valence-electron chi connectivity index (χ2n) is 5.47. The molecule has 5 nitrogen and oxygen atoms in total. The standard InChI is InChI=1S/C19H19NO4/c1-21-15-4-5-16(18(11-15)22-2)14(12-20)9-13-3-6-17-19(10-13)24-8-7-23-17/h3-6,10-11,14H,7-9H2,1-2H3. The summed E-state index contributed by atoms with van der Waals surface area (Å²) in [6.07, 6.45) is 0.565. The van der Waals surface area contributed by atoms with Gasteiger partial charge in [0.2, 0.25) is 0 Å². The molecule has 0 amide bonds. The molecule has 0 radical (unpaired) electrons. The Bertz CT molecular complexity index is 766. The van der Waals surface area contributed by atoms with E-state index in [1.54, 1.807) is 20.3 Å². The highest BCUT2D eigenvalue weighted by Crippen LogP contribution is 2.35. The van der Waals surface area contributed by atoms with Gasteiger partial charge in [-0.05, 0) is 30.2 Å². The zero-order valence-electron chi connectivity index (χ0n) is 13.7. The first kappa shape index (κ1) is 16.0. The van der Waals surface area contributed by atoms with E-state index in [0.717, 1.165) is 22.6 Å². The summed E-state index contributed by atoms with van der Waals surface area (Å²) in [6.45, 7) is 1.11. The lowest BCUT2D eigenvalue weighted by Gasteiger charge is -2.20. The first-order valence-corrected chi connectivity index (χ1v) is 7.75. The van der Waals surface area contributed by atoms with Crippen molar-refractivity contribution in [2.75, 3.05) is 27.4 Å². The molecule has 0 N–H and O–H groups in total. The molecule has 0 fully saturated rings. The largest absolute Gasteiger partial charge is 0.497 e. The molecule has 1 aliphatic heterocycles. The second kappa shape index (κ2) is 7.14. The maximum Gasteiger partial charge on any atom is 0.161 e. The van der Waals surface area contributed by atoms with Crippen LogP contribution in [-0.2, 0) is 6.42 Å². The Hall–Kier alpha value is -2.87. The lowest BCUT2D eigenvalue weighted by atomic mass is 9.92. The molecule has 0 bridgehead atoms. The van der Waals surface area contributed by atoms with E-state index >= 15 is 0 Å². The number of ether oxygens (including phenoxy) is 4. The van der Waals surface area contributed by atoms with Crippen molar-refractivity contribution < 1.29 is 18.9 Å². The third-order valence-corrected chi connectivity index (χ3v) is 4.02. The SMILES string of the molecule is COc1ccc(C(C#N)Cc2ccc3c(c2)OCCO3)c(OC)c1. The summed E-state index contributed by atoms with van der Waals surface area (Å²) in [6, 6.07) is 13.7. The number of fused-ring (bicyclic) bond motifs is 1. The van der Waals surface area contributed by atoms with Crippen LogP contribution in [0.5, 0.6) is 23.0 Å². The summed E-state index contributed by atoms with van der Waals surface area (Å²) in [5.41, 5.74) is 1.86. The van der Waals surface area contributed by atoms with Gasteiger partial charge in [0.15, 0.2) is 11.5 Å². The van der Waals surface area contributed by atoms with Crippen molar-refractivity contribution in [1.82, 2.24) is 0 Å². The van der Waals surface area contributed by atoms with E-state index in [1.165, 1.54) is 0 Å². The van der Waals surface area contributed by atoms with Crippen LogP contribution in [0.1, 0.15) is 17.0 Å². The zero-order chi connectivity index (χ0) is 16.9. The molecule has 1 heterocycles. The van der Waals surface area contributed by atoms with Crippen LogP contribution >= 0.6 is 0 Å². The van der Waals surface area contributed by atoms with Gasteiger partial charge in [0.1, 0.15) is 24.7 Å². The van der Waals surface area contributed by atoms with Crippen LogP contribution in [0, 0.1) is 11.3 Å². The molecule has 3 rings (SSSR count). The number of rotatable bonds is 5. The lowest BCUT2D eigenvalue weighted by molar-refractivity contribution is 0.171. The number of nitrogens with zero attached hydrogens (tertiary/aromatic N) is 1. The first-order chi connectivity index (χ1) is 11.7.